The van der Waals surface area contributed by atoms with Gasteiger partial charge in [-0.3, -0.25) is 9.59 Å². The van der Waals surface area contributed by atoms with Crippen LogP contribution < -0.4 is 10.6 Å². The smallest absolute Gasteiger partial charge is 0.272 e. The van der Waals surface area contributed by atoms with Gasteiger partial charge in [-0.15, -0.1) is 0 Å². The normalized spacial score (nSPS) is 10.9. The van der Waals surface area contributed by atoms with Crippen LogP contribution in [-0.4, -0.2) is 11.8 Å². The van der Waals surface area contributed by atoms with E-state index in [0.717, 1.165) is 5.56 Å². The van der Waals surface area contributed by atoms with Crippen molar-refractivity contribution < 1.29 is 9.59 Å². The Balaban J connectivity index is 2.23. The minimum absolute atomic E-state index is 0.165. The Morgan fingerprint density at radius 2 is 1.77 bits per heavy atom. The summed E-state index contributed by atoms with van der Waals surface area (Å²) in [6, 6.07) is 16.1. The van der Waals surface area contributed by atoms with Crippen molar-refractivity contribution in [2.45, 2.75) is 6.92 Å². The third-order valence-electron chi connectivity index (χ3n) is 2.75. The summed E-state index contributed by atoms with van der Waals surface area (Å²) in [5.74, 6) is -0.732. The number of benzene rings is 2. The van der Waals surface area contributed by atoms with Gasteiger partial charge in [-0.2, -0.15) is 0 Å². The number of hydrogen-bond donors (Lipinski definition) is 2. The van der Waals surface area contributed by atoms with E-state index in [1.807, 2.05) is 30.3 Å². The van der Waals surface area contributed by atoms with Crippen LogP contribution >= 0.6 is 11.6 Å². The Morgan fingerprint density at radius 1 is 1.05 bits per heavy atom. The van der Waals surface area contributed by atoms with Gasteiger partial charge < -0.3 is 10.6 Å². The minimum Gasteiger partial charge on any atom is -0.322 e. The van der Waals surface area contributed by atoms with Crippen LogP contribution in [0.5, 0.6) is 0 Å². The lowest BCUT2D eigenvalue weighted by atomic mass is 10.2. The standard InChI is InChI=1S/C17H15ClN2O2/c1-12(21)19-16(10-13-6-3-2-4-7-13)17(22)20-15-9-5-8-14(18)11-15/h2-11H,1H3,(H,19,21)(H,20,22). The molecule has 22 heavy (non-hydrogen) atoms. The number of halogens is 1. The van der Waals surface area contributed by atoms with Crippen molar-refractivity contribution in [1.29, 1.82) is 0 Å². The van der Waals surface area contributed by atoms with E-state index in [4.69, 9.17) is 11.6 Å². The third kappa shape index (κ3) is 4.75. The first-order chi connectivity index (χ1) is 10.5. The van der Waals surface area contributed by atoms with E-state index >= 15 is 0 Å². The van der Waals surface area contributed by atoms with Gasteiger partial charge in [0.15, 0.2) is 0 Å². The van der Waals surface area contributed by atoms with E-state index in [-0.39, 0.29) is 11.6 Å². The quantitative estimate of drug-likeness (QED) is 0.849. The molecule has 0 saturated carbocycles. The highest BCUT2D eigenvalue weighted by Gasteiger charge is 2.11. The van der Waals surface area contributed by atoms with Gasteiger partial charge >= 0.3 is 0 Å². The number of carbonyl (C=O) groups is 2. The fraction of sp³-hybridized carbons (Fsp3) is 0.0588. The number of anilines is 1. The first-order valence-electron chi connectivity index (χ1n) is 6.66. The zero-order valence-corrected chi connectivity index (χ0v) is 12.7. The molecule has 0 atom stereocenters. The zero-order chi connectivity index (χ0) is 15.9. The Kier molecular flexibility index (Phi) is 5.33. The molecule has 2 aromatic carbocycles. The Bertz CT molecular complexity index is 712. The molecule has 0 unspecified atom stereocenters. The van der Waals surface area contributed by atoms with Gasteiger partial charge in [0, 0.05) is 17.6 Å². The minimum atomic E-state index is -0.415. The molecular formula is C17H15ClN2O2. The molecule has 0 aliphatic rings. The summed E-state index contributed by atoms with van der Waals surface area (Å²) in [5, 5.41) is 5.76. The van der Waals surface area contributed by atoms with Crippen LogP contribution in [0, 0.1) is 0 Å². The molecule has 2 aromatic rings. The van der Waals surface area contributed by atoms with Crippen LogP contribution in [0.1, 0.15) is 12.5 Å². The van der Waals surface area contributed by atoms with Crippen LogP contribution in [0.2, 0.25) is 5.02 Å². The molecule has 0 saturated heterocycles. The maximum absolute atomic E-state index is 12.3. The van der Waals surface area contributed by atoms with Gasteiger partial charge in [0.1, 0.15) is 5.70 Å². The Hall–Kier alpha value is -2.59. The van der Waals surface area contributed by atoms with Crippen molar-refractivity contribution in [2.75, 3.05) is 5.32 Å². The van der Waals surface area contributed by atoms with Crippen LogP contribution in [0.3, 0.4) is 0 Å². The summed E-state index contributed by atoms with van der Waals surface area (Å²) in [6.07, 6.45) is 1.61. The second-order valence-corrected chi connectivity index (χ2v) is 5.05. The van der Waals surface area contributed by atoms with Gasteiger partial charge in [-0.1, -0.05) is 48.0 Å². The molecule has 5 heteroatoms. The molecule has 0 aliphatic carbocycles. The molecule has 2 rings (SSSR count). The monoisotopic (exact) mass is 314 g/mol. The van der Waals surface area contributed by atoms with Crippen molar-refractivity contribution in [2.24, 2.45) is 0 Å². The fourth-order valence-corrected chi connectivity index (χ4v) is 2.02. The number of hydrogen-bond acceptors (Lipinski definition) is 2. The van der Waals surface area contributed by atoms with Gasteiger partial charge in [0.25, 0.3) is 5.91 Å². The summed E-state index contributed by atoms with van der Waals surface area (Å²) in [7, 11) is 0. The lowest BCUT2D eigenvalue weighted by molar-refractivity contribution is -0.120. The second kappa shape index (κ2) is 7.43. The highest BCUT2D eigenvalue weighted by molar-refractivity contribution is 6.31. The van der Waals surface area contributed by atoms with E-state index in [1.54, 1.807) is 30.3 Å². The average Bonchev–Trinajstić information content (AvgIpc) is 2.47. The molecular weight excluding hydrogens is 300 g/mol. The summed E-state index contributed by atoms with van der Waals surface area (Å²) in [6.45, 7) is 1.35. The average molecular weight is 315 g/mol. The number of carbonyl (C=O) groups excluding carboxylic acids is 2. The third-order valence-corrected chi connectivity index (χ3v) is 2.98. The lowest BCUT2D eigenvalue weighted by Crippen LogP contribution is -2.28. The molecule has 2 N–H and O–H groups in total. The van der Waals surface area contributed by atoms with Crippen LogP contribution in [-0.2, 0) is 9.59 Å². The molecule has 0 heterocycles. The number of amides is 2. The molecule has 112 valence electrons. The largest absolute Gasteiger partial charge is 0.322 e. The molecule has 0 radical (unpaired) electrons. The van der Waals surface area contributed by atoms with Crippen molar-refractivity contribution >= 4 is 35.2 Å². The van der Waals surface area contributed by atoms with Crippen molar-refractivity contribution in [3.63, 3.8) is 0 Å². The van der Waals surface area contributed by atoms with E-state index in [2.05, 4.69) is 10.6 Å². The molecule has 0 bridgehead atoms. The van der Waals surface area contributed by atoms with Crippen LogP contribution in [0.4, 0.5) is 5.69 Å². The summed E-state index contributed by atoms with van der Waals surface area (Å²) >= 11 is 5.89. The first-order valence-corrected chi connectivity index (χ1v) is 7.03. The van der Waals surface area contributed by atoms with E-state index < -0.39 is 5.91 Å². The van der Waals surface area contributed by atoms with Crippen LogP contribution in [0.15, 0.2) is 60.3 Å². The predicted octanol–water partition coefficient (Wildman–Crippen LogP) is 3.46. The van der Waals surface area contributed by atoms with Gasteiger partial charge in [-0.25, -0.2) is 0 Å². The maximum Gasteiger partial charge on any atom is 0.272 e. The molecule has 2 amide bonds. The van der Waals surface area contributed by atoms with Gasteiger partial charge in [0.05, 0.1) is 0 Å². The molecule has 0 aliphatic heterocycles. The second-order valence-electron chi connectivity index (χ2n) is 4.61. The lowest BCUT2D eigenvalue weighted by Gasteiger charge is -2.10. The van der Waals surface area contributed by atoms with E-state index in [1.165, 1.54) is 6.92 Å². The van der Waals surface area contributed by atoms with E-state index in [0.29, 0.717) is 10.7 Å². The number of rotatable bonds is 4. The van der Waals surface area contributed by atoms with E-state index in [9.17, 15) is 9.59 Å². The summed E-state index contributed by atoms with van der Waals surface area (Å²) in [4.78, 5) is 23.6. The van der Waals surface area contributed by atoms with Crippen molar-refractivity contribution in [3.8, 4) is 0 Å². The molecule has 0 spiro atoms. The molecule has 4 nitrogen and oxygen atoms in total. The SMILES string of the molecule is CC(=O)NC(=Cc1ccccc1)C(=O)Nc1cccc(Cl)c1. The van der Waals surface area contributed by atoms with Gasteiger partial charge in [-0.05, 0) is 29.8 Å². The number of nitrogens with one attached hydrogen (secondary N) is 2. The first kappa shape index (κ1) is 15.8. The highest BCUT2D eigenvalue weighted by Crippen LogP contribution is 2.16. The Morgan fingerprint density at radius 3 is 2.41 bits per heavy atom. The Labute approximate surface area is 133 Å². The maximum atomic E-state index is 12.3. The summed E-state index contributed by atoms with van der Waals surface area (Å²) < 4.78 is 0. The summed E-state index contributed by atoms with van der Waals surface area (Å²) in [5.41, 5.74) is 1.54. The molecule has 0 fully saturated rings. The van der Waals surface area contributed by atoms with Crippen molar-refractivity contribution in [1.82, 2.24) is 5.32 Å². The molecule has 0 aromatic heterocycles. The zero-order valence-electron chi connectivity index (χ0n) is 12.0. The predicted molar refractivity (Wildman–Crippen MR) is 88.3 cm³/mol. The van der Waals surface area contributed by atoms with Crippen LogP contribution in [0.25, 0.3) is 6.08 Å². The van der Waals surface area contributed by atoms with Crippen molar-refractivity contribution in [3.05, 3.63) is 70.9 Å². The topological polar surface area (TPSA) is 58.2 Å². The fourth-order valence-electron chi connectivity index (χ4n) is 1.83. The van der Waals surface area contributed by atoms with Gasteiger partial charge in [0.2, 0.25) is 5.91 Å². The highest BCUT2D eigenvalue weighted by atomic mass is 35.5.